The summed E-state index contributed by atoms with van der Waals surface area (Å²) < 4.78 is 34.9. The Labute approximate surface area is 56.2 Å². The van der Waals surface area contributed by atoms with Crippen LogP contribution in [0.1, 0.15) is 6.92 Å². The van der Waals surface area contributed by atoms with Crippen LogP contribution in [-0.4, -0.2) is 11.9 Å². The maximum absolute atomic E-state index is 11.6. The highest BCUT2D eigenvalue weighted by atomic mass is 19.4. The number of allylic oxidation sites excluding steroid dienone is 2. The molecule has 0 saturated carbocycles. The molecule has 0 spiro atoms. The Bertz CT molecular complexity index is 157. The first-order valence-corrected chi connectivity index (χ1v) is 2.50. The molecule has 58 valence electrons. The van der Waals surface area contributed by atoms with E-state index in [1.54, 1.807) is 0 Å². The molecule has 0 aromatic carbocycles. The Morgan fingerprint density at radius 3 is 2.10 bits per heavy atom. The fourth-order valence-corrected chi connectivity index (χ4v) is 0.369. The van der Waals surface area contributed by atoms with Gasteiger partial charge >= 0.3 is 6.18 Å². The number of rotatable bonds is 1. The number of hydrazone groups is 1. The van der Waals surface area contributed by atoms with Gasteiger partial charge in [0.15, 0.2) is 5.71 Å². The summed E-state index contributed by atoms with van der Waals surface area (Å²) in [6.45, 7) is 1.46. The van der Waals surface area contributed by atoms with Gasteiger partial charge in [0.25, 0.3) is 0 Å². The topological polar surface area (TPSA) is 38.4 Å². The van der Waals surface area contributed by atoms with Crippen LogP contribution in [-0.2, 0) is 0 Å². The smallest absolute Gasteiger partial charge is 0.323 e. The van der Waals surface area contributed by atoms with E-state index in [0.29, 0.717) is 0 Å². The van der Waals surface area contributed by atoms with Crippen molar-refractivity contribution in [2.75, 3.05) is 0 Å². The molecule has 0 rings (SSSR count). The van der Waals surface area contributed by atoms with E-state index in [2.05, 4.69) is 10.9 Å². The van der Waals surface area contributed by atoms with Crippen LogP contribution in [0, 0.1) is 0 Å². The Morgan fingerprint density at radius 1 is 1.50 bits per heavy atom. The minimum absolute atomic E-state index is 0.806. The van der Waals surface area contributed by atoms with Gasteiger partial charge in [0, 0.05) is 0 Å². The summed E-state index contributed by atoms with van der Waals surface area (Å²) in [5, 5.41) is 2.55. The average Bonchev–Trinajstić information content (AvgIpc) is 1.80. The maximum atomic E-state index is 11.6. The van der Waals surface area contributed by atoms with E-state index in [9.17, 15) is 13.2 Å². The van der Waals surface area contributed by atoms with Gasteiger partial charge in [-0.2, -0.15) is 18.3 Å². The van der Waals surface area contributed by atoms with Crippen molar-refractivity contribution in [3.05, 3.63) is 12.2 Å². The van der Waals surface area contributed by atoms with E-state index in [-0.39, 0.29) is 0 Å². The summed E-state index contributed by atoms with van der Waals surface area (Å²) in [4.78, 5) is 0. The molecule has 0 aromatic heterocycles. The largest absolute Gasteiger partial charge is 0.435 e. The van der Waals surface area contributed by atoms with Gasteiger partial charge in [0.2, 0.25) is 0 Å². The first-order chi connectivity index (χ1) is 4.52. The molecule has 0 fully saturated rings. The van der Waals surface area contributed by atoms with Gasteiger partial charge in [0.1, 0.15) is 0 Å². The normalized spacial score (nSPS) is 14.6. The van der Waals surface area contributed by atoms with Crippen LogP contribution in [0.25, 0.3) is 0 Å². The summed E-state index contributed by atoms with van der Waals surface area (Å²) in [5.74, 6) is 4.46. The lowest BCUT2D eigenvalue weighted by atomic mass is 10.3. The fraction of sp³-hybridized carbons (Fsp3) is 0.400. The monoisotopic (exact) mass is 152 g/mol. The van der Waals surface area contributed by atoms with Crippen molar-refractivity contribution in [1.29, 1.82) is 0 Å². The zero-order valence-corrected chi connectivity index (χ0v) is 5.31. The fourth-order valence-electron chi connectivity index (χ4n) is 0.369. The molecular formula is C5H7F3N2. The summed E-state index contributed by atoms with van der Waals surface area (Å²) >= 11 is 0. The molecule has 10 heavy (non-hydrogen) atoms. The number of halogens is 3. The molecule has 0 radical (unpaired) electrons. The van der Waals surface area contributed by atoms with Crippen LogP contribution in [0.4, 0.5) is 13.2 Å². The highest BCUT2D eigenvalue weighted by molar-refractivity contribution is 5.99. The molecule has 0 aliphatic heterocycles. The minimum atomic E-state index is -4.44. The van der Waals surface area contributed by atoms with Gasteiger partial charge in [-0.25, -0.2) is 0 Å². The quantitative estimate of drug-likeness (QED) is 0.344. The lowest BCUT2D eigenvalue weighted by Gasteiger charge is -2.02. The van der Waals surface area contributed by atoms with Crippen LogP contribution in [0.2, 0.25) is 0 Å². The predicted molar refractivity (Wildman–Crippen MR) is 32.5 cm³/mol. The van der Waals surface area contributed by atoms with Crippen LogP contribution in [0.5, 0.6) is 0 Å². The molecule has 0 amide bonds. The van der Waals surface area contributed by atoms with Crippen LogP contribution in [0.3, 0.4) is 0 Å². The summed E-state index contributed by atoms with van der Waals surface area (Å²) in [6, 6.07) is 0. The molecule has 2 nitrogen and oxygen atoms in total. The molecule has 2 N–H and O–H groups in total. The van der Waals surface area contributed by atoms with E-state index in [0.717, 1.165) is 6.08 Å². The van der Waals surface area contributed by atoms with Crippen LogP contribution in [0.15, 0.2) is 17.3 Å². The van der Waals surface area contributed by atoms with E-state index >= 15 is 0 Å². The molecule has 0 heterocycles. The zero-order chi connectivity index (χ0) is 8.20. The number of hydrogen-bond donors (Lipinski definition) is 1. The molecule has 0 aliphatic carbocycles. The van der Waals surface area contributed by atoms with Gasteiger partial charge in [-0.3, -0.25) is 0 Å². The van der Waals surface area contributed by atoms with Crippen molar-refractivity contribution in [3.8, 4) is 0 Å². The summed E-state index contributed by atoms with van der Waals surface area (Å²) in [5.41, 5.74) is -1.07. The first-order valence-electron chi connectivity index (χ1n) is 2.50. The molecule has 0 aliphatic rings. The Balaban J connectivity index is 4.39. The molecule has 0 bridgehead atoms. The average molecular weight is 152 g/mol. The molecule has 0 unspecified atom stereocenters. The van der Waals surface area contributed by atoms with Crippen molar-refractivity contribution >= 4 is 5.71 Å². The van der Waals surface area contributed by atoms with Crippen molar-refractivity contribution in [1.82, 2.24) is 0 Å². The molecule has 0 saturated heterocycles. The van der Waals surface area contributed by atoms with Gasteiger partial charge in [-0.05, 0) is 13.0 Å². The molecule has 5 heteroatoms. The minimum Gasteiger partial charge on any atom is -0.323 e. The van der Waals surface area contributed by atoms with Gasteiger partial charge in [-0.15, -0.1) is 0 Å². The highest BCUT2D eigenvalue weighted by Crippen LogP contribution is 2.17. The first kappa shape index (κ1) is 9.00. The standard InChI is InChI=1S/C5H7F3N2/c1-2-3-4(10-9)5(6,7)8/h2-3H,9H2,1H3/b3-2-,10-4-. The second kappa shape index (κ2) is 3.24. The molecular weight excluding hydrogens is 145 g/mol. The van der Waals surface area contributed by atoms with E-state index in [4.69, 9.17) is 0 Å². The third kappa shape index (κ3) is 2.52. The van der Waals surface area contributed by atoms with Crippen LogP contribution < -0.4 is 5.84 Å². The Kier molecular flexibility index (Phi) is 2.92. The van der Waals surface area contributed by atoms with Gasteiger partial charge in [-0.1, -0.05) is 6.08 Å². The molecule has 0 aromatic rings. The highest BCUT2D eigenvalue weighted by Gasteiger charge is 2.33. The summed E-state index contributed by atoms with van der Waals surface area (Å²) in [6.07, 6.45) is -2.42. The number of hydrogen-bond acceptors (Lipinski definition) is 2. The third-order valence-corrected chi connectivity index (χ3v) is 0.754. The van der Waals surface area contributed by atoms with Gasteiger partial charge < -0.3 is 5.84 Å². The number of nitrogens with two attached hydrogens (primary N) is 1. The number of nitrogens with zero attached hydrogens (tertiary/aromatic N) is 1. The lowest BCUT2D eigenvalue weighted by molar-refractivity contribution is -0.0578. The maximum Gasteiger partial charge on any atom is 0.435 e. The Hall–Kier alpha value is -1.00. The van der Waals surface area contributed by atoms with Crippen molar-refractivity contribution in [3.63, 3.8) is 0 Å². The molecule has 0 atom stereocenters. The third-order valence-electron chi connectivity index (χ3n) is 0.754. The predicted octanol–water partition coefficient (Wildman–Crippen LogP) is 1.44. The van der Waals surface area contributed by atoms with Crippen molar-refractivity contribution in [2.45, 2.75) is 13.1 Å². The second-order valence-corrected chi connectivity index (χ2v) is 1.51. The SMILES string of the molecule is C/C=C\C(=N\N)C(F)(F)F. The van der Waals surface area contributed by atoms with Crippen LogP contribution >= 0.6 is 0 Å². The van der Waals surface area contributed by atoms with E-state index in [1.165, 1.54) is 13.0 Å². The van der Waals surface area contributed by atoms with E-state index in [1.807, 2.05) is 0 Å². The zero-order valence-electron chi connectivity index (χ0n) is 5.31. The van der Waals surface area contributed by atoms with Crippen molar-refractivity contribution < 1.29 is 13.2 Å². The van der Waals surface area contributed by atoms with Gasteiger partial charge in [0.05, 0.1) is 0 Å². The van der Waals surface area contributed by atoms with E-state index < -0.39 is 11.9 Å². The summed E-state index contributed by atoms with van der Waals surface area (Å²) in [7, 11) is 0. The second-order valence-electron chi connectivity index (χ2n) is 1.51. The lowest BCUT2D eigenvalue weighted by Crippen LogP contribution is -2.21. The number of alkyl halides is 3. The Morgan fingerprint density at radius 2 is 2.00 bits per heavy atom. The van der Waals surface area contributed by atoms with Crippen molar-refractivity contribution in [2.24, 2.45) is 10.9 Å².